The van der Waals surface area contributed by atoms with Crippen molar-refractivity contribution in [2.24, 2.45) is 0 Å². The van der Waals surface area contributed by atoms with E-state index in [9.17, 15) is 4.79 Å². The Balaban J connectivity index is 1.99. The van der Waals surface area contributed by atoms with E-state index in [2.05, 4.69) is 26.6 Å². The van der Waals surface area contributed by atoms with Gasteiger partial charge in [0.25, 0.3) is 5.91 Å². The number of nitrogens with one attached hydrogen (secondary N) is 2. The van der Waals surface area contributed by atoms with Crippen LogP contribution in [0.2, 0.25) is 5.02 Å². The van der Waals surface area contributed by atoms with E-state index in [0.717, 1.165) is 10.0 Å². The van der Waals surface area contributed by atoms with E-state index in [0.29, 0.717) is 16.3 Å². The highest BCUT2D eigenvalue weighted by atomic mass is 79.9. The van der Waals surface area contributed by atoms with E-state index >= 15 is 0 Å². The molecular formula is C15H12BrClN2OS. The van der Waals surface area contributed by atoms with Gasteiger partial charge in [-0.05, 0) is 65.4 Å². The molecule has 0 saturated heterocycles. The lowest BCUT2D eigenvalue weighted by atomic mass is 10.1. The molecule has 108 valence electrons. The third kappa shape index (κ3) is 4.52. The average Bonchev–Trinajstić information content (AvgIpc) is 2.43. The molecule has 0 spiro atoms. The minimum atomic E-state index is -0.254. The van der Waals surface area contributed by atoms with Crippen molar-refractivity contribution in [3.63, 3.8) is 0 Å². The average molecular weight is 384 g/mol. The van der Waals surface area contributed by atoms with Crippen LogP contribution in [0.25, 0.3) is 0 Å². The zero-order valence-corrected chi connectivity index (χ0v) is 14.3. The monoisotopic (exact) mass is 382 g/mol. The summed E-state index contributed by atoms with van der Waals surface area (Å²) >= 11 is 14.4. The molecular weight excluding hydrogens is 372 g/mol. The Morgan fingerprint density at radius 1 is 1.19 bits per heavy atom. The summed E-state index contributed by atoms with van der Waals surface area (Å²) in [6, 6.07) is 12.6. The third-order valence-corrected chi connectivity index (χ3v) is 4.15. The highest BCUT2D eigenvalue weighted by Gasteiger charge is 2.08. The molecule has 1 amide bonds. The maximum absolute atomic E-state index is 12.0. The van der Waals surface area contributed by atoms with E-state index in [1.807, 2.05) is 19.1 Å². The van der Waals surface area contributed by atoms with Crippen LogP contribution in [0.4, 0.5) is 5.69 Å². The Labute approximate surface area is 141 Å². The van der Waals surface area contributed by atoms with Crippen LogP contribution in [0.3, 0.4) is 0 Å². The van der Waals surface area contributed by atoms with Crippen molar-refractivity contribution in [3.05, 3.63) is 63.1 Å². The lowest BCUT2D eigenvalue weighted by Crippen LogP contribution is -2.34. The first-order chi connectivity index (χ1) is 9.95. The van der Waals surface area contributed by atoms with Gasteiger partial charge >= 0.3 is 0 Å². The van der Waals surface area contributed by atoms with Gasteiger partial charge in [0.1, 0.15) is 0 Å². The van der Waals surface area contributed by atoms with Gasteiger partial charge in [-0.25, -0.2) is 0 Å². The normalized spacial score (nSPS) is 10.0. The molecule has 0 heterocycles. The molecule has 0 aromatic heterocycles. The number of carbonyl (C=O) groups excluding carboxylic acids is 1. The number of rotatable bonds is 2. The van der Waals surface area contributed by atoms with Crippen LogP contribution >= 0.6 is 39.7 Å². The number of amides is 1. The van der Waals surface area contributed by atoms with Crippen LogP contribution in [0.5, 0.6) is 0 Å². The van der Waals surface area contributed by atoms with Crippen molar-refractivity contribution in [1.29, 1.82) is 0 Å². The molecule has 2 rings (SSSR count). The van der Waals surface area contributed by atoms with Crippen molar-refractivity contribution in [3.8, 4) is 0 Å². The largest absolute Gasteiger partial charge is 0.332 e. The fourth-order valence-corrected chi connectivity index (χ4v) is 2.25. The molecule has 0 aliphatic carbocycles. The van der Waals surface area contributed by atoms with Crippen LogP contribution < -0.4 is 10.6 Å². The smallest absolute Gasteiger partial charge is 0.257 e. The second-order valence-electron chi connectivity index (χ2n) is 4.40. The van der Waals surface area contributed by atoms with Crippen molar-refractivity contribution in [2.45, 2.75) is 6.92 Å². The van der Waals surface area contributed by atoms with Crippen LogP contribution in [-0.4, -0.2) is 11.0 Å². The number of anilines is 1. The van der Waals surface area contributed by atoms with Gasteiger partial charge in [-0.2, -0.15) is 0 Å². The van der Waals surface area contributed by atoms with Crippen LogP contribution in [-0.2, 0) is 0 Å². The van der Waals surface area contributed by atoms with Crippen molar-refractivity contribution in [2.75, 3.05) is 5.32 Å². The molecule has 0 atom stereocenters. The minimum Gasteiger partial charge on any atom is -0.332 e. The van der Waals surface area contributed by atoms with E-state index in [1.54, 1.807) is 30.3 Å². The molecule has 0 bridgehead atoms. The molecule has 0 aliphatic rings. The molecule has 0 unspecified atom stereocenters. The first-order valence-electron chi connectivity index (χ1n) is 6.10. The van der Waals surface area contributed by atoms with Crippen LogP contribution in [0, 0.1) is 6.92 Å². The fraction of sp³-hybridized carbons (Fsp3) is 0.0667. The predicted molar refractivity (Wildman–Crippen MR) is 94.0 cm³/mol. The Kier molecular flexibility index (Phi) is 5.33. The molecule has 0 saturated carbocycles. The number of halogens is 2. The summed E-state index contributed by atoms with van der Waals surface area (Å²) in [6.07, 6.45) is 0. The van der Waals surface area contributed by atoms with Gasteiger partial charge in [0.15, 0.2) is 5.11 Å². The Hall–Kier alpha value is -1.43. The maximum Gasteiger partial charge on any atom is 0.257 e. The zero-order chi connectivity index (χ0) is 15.4. The number of thiocarbonyl (C=S) groups is 1. The number of aryl methyl sites for hydroxylation is 1. The molecule has 2 N–H and O–H groups in total. The highest BCUT2D eigenvalue weighted by molar-refractivity contribution is 9.10. The Morgan fingerprint density at radius 3 is 2.48 bits per heavy atom. The summed E-state index contributed by atoms with van der Waals surface area (Å²) in [5, 5.41) is 6.32. The first kappa shape index (κ1) is 15.9. The molecule has 0 radical (unpaired) electrons. The van der Waals surface area contributed by atoms with Crippen molar-refractivity contribution < 1.29 is 4.79 Å². The van der Waals surface area contributed by atoms with Gasteiger partial charge in [-0.15, -0.1) is 0 Å². The quantitative estimate of drug-likeness (QED) is 0.748. The van der Waals surface area contributed by atoms with Gasteiger partial charge in [0.05, 0.1) is 5.02 Å². The van der Waals surface area contributed by atoms with Crippen molar-refractivity contribution >= 4 is 56.5 Å². The predicted octanol–water partition coefficient (Wildman–Crippen LogP) is 4.54. The number of hydrogen-bond donors (Lipinski definition) is 2. The number of carbonyl (C=O) groups is 1. The van der Waals surface area contributed by atoms with Gasteiger partial charge in [0, 0.05) is 15.7 Å². The summed E-state index contributed by atoms with van der Waals surface area (Å²) in [5.74, 6) is -0.254. The molecule has 2 aromatic carbocycles. The molecule has 0 fully saturated rings. The summed E-state index contributed by atoms with van der Waals surface area (Å²) in [7, 11) is 0. The summed E-state index contributed by atoms with van der Waals surface area (Å²) < 4.78 is 0.796. The molecule has 2 aromatic rings. The maximum atomic E-state index is 12.0. The summed E-state index contributed by atoms with van der Waals surface area (Å²) in [6.45, 7) is 1.96. The second kappa shape index (κ2) is 7.02. The SMILES string of the molecule is Cc1ccc(C(=O)NC(=S)Nc2ccc(Br)c(Cl)c2)cc1. The molecule has 21 heavy (non-hydrogen) atoms. The Morgan fingerprint density at radius 2 is 1.86 bits per heavy atom. The minimum absolute atomic E-state index is 0.221. The zero-order valence-electron chi connectivity index (χ0n) is 11.1. The summed E-state index contributed by atoms with van der Waals surface area (Å²) in [4.78, 5) is 12.0. The van der Waals surface area contributed by atoms with Gasteiger partial charge in [-0.1, -0.05) is 29.3 Å². The van der Waals surface area contributed by atoms with Gasteiger partial charge in [0.2, 0.25) is 0 Å². The van der Waals surface area contributed by atoms with E-state index in [4.69, 9.17) is 23.8 Å². The number of benzene rings is 2. The van der Waals surface area contributed by atoms with Gasteiger partial charge in [-0.3, -0.25) is 10.1 Å². The molecule has 3 nitrogen and oxygen atoms in total. The van der Waals surface area contributed by atoms with E-state index < -0.39 is 0 Å². The summed E-state index contributed by atoms with van der Waals surface area (Å²) in [5.41, 5.74) is 2.35. The van der Waals surface area contributed by atoms with E-state index in [-0.39, 0.29) is 11.0 Å². The molecule has 6 heteroatoms. The van der Waals surface area contributed by atoms with Crippen molar-refractivity contribution in [1.82, 2.24) is 5.32 Å². The second-order valence-corrected chi connectivity index (χ2v) is 6.07. The standard InChI is InChI=1S/C15H12BrClN2OS/c1-9-2-4-10(5-3-9)14(20)19-15(21)18-11-6-7-12(16)13(17)8-11/h2-8H,1H3,(H2,18,19,20,21). The number of hydrogen-bond acceptors (Lipinski definition) is 2. The van der Waals surface area contributed by atoms with E-state index in [1.165, 1.54) is 0 Å². The van der Waals surface area contributed by atoms with Crippen LogP contribution in [0.15, 0.2) is 46.9 Å². The third-order valence-electron chi connectivity index (χ3n) is 2.72. The lowest BCUT2D eigenvalue weighted by Gasteiger charge is -2.10. The highest BCUT2D eigenvalue weighted by Crippen LogP contribution is 2.25. The fourth-order valence-electron chi connectivity index (χ4n) is 1.62. The Bertz CT molecular complexity index is 689. The lowest BCUT2D eigenvalue weighted by molar-refractivity contribution is 0.0978. The van der Waals surface area contributed by atoms with Gasteiger partial charge < -0.3 is 5.32 Å². The molecule has 0 aliphatic heterocycles. The first-order valence-corrected chi connectivity index (χ1v) is 7.67. The van der Waals surface area contributed by atoms with Crippen LogP contribution in [0.1, 0.15) is 15.9 Å². The topological polar surface area (TPSA) is 41.1 Å².